The summed E-state index contributed by atoms with van der Waals surface area (Å²) >= 11 is 0. The van der Waals surface area contributed by atoms with Gasteiger partial charge in [0.1, 0.15) is 0 Å². The first kappa shape index (κ1) is 15.7. The lowest BCUT2D eigenvalue weighted by Gasteiger charge is -2.11. The fraction of sp³-hybridized carbons (Fsp3) is 0.750. The van der Waals surface area contributed by atoms with E-state index in [0.29, 0.717) is 0 Å². The van der Waals surface area contributed by atoms with Crippen molar-refractivity contribution < 1.29 is 19.1 Å². The fourth-order valence-corrected chi connectivity index (χ4v) is 0.774. The van der Waals surface area contributed by atoms with E-state index in [4.69, 9.17) is 5.73 Å². The lowest BCUT2D eigenvalue weighted by molar-refractivity contribution is -0.160. The number of hydrogen-bond donors (Lipinski definition) is 1. The molecule has 84 valence electrons. The first-order valence-corrected chi connectivity index (χ1v) is 4.20. The van der Waals surface area contributed by atoms with Gasteiger partial charge in [-0.05, 0) is 13.8 Å². The van der Waals surface area contributed by atoms with Gasteiger partial charge >= 0.3 is 11.9 Å². The zero-order valence-corrected chi connectivity index (χ0v) is 9.13. The Morgan fingerprint density at radius 1 is 1.14 bits per heavy atom. The molecule has 0 saturated carbocycles. The summed E-state index contributed by atoms with van der Waals surface area (Å²) in [6.07, 6.45) is 0. The highest BCUT2D eigenvalue weighted by Gasteiger charge is 2.27. The molecule has 0 aromatic rings. The van der Waals surface area contributed by atoms with Crippen LogP contribution in [-0.4, -0.2) is 31.7 Å². The standard InChI is InChI=1S/C8H15NO4.ClH/c1-3-12-7(10)6(5-9)8(11)13-4-2;/h6H,3-5,9H2,1-2H3;1H. The second-order valence-corrected chi connectivity index (χ2v) is 2.29. The van der Waals surface area contributed by atoms with Crippen LogP contribution in [-0.2, 0) is 19.1 Å². The molecule has 0 fully saturated rings. The molecule has 0 unspecified atom stereocenters. The monoisotopic (exact) mass is 225 g/mol. The van der Waals surface area contributed by atoms with Crippen molar-refractivity contribution in [2.24, 2.45) is 11.7 Å². The summed E-state index contributed by atoms with van der Waals surface area (Å²) in [5.74, 6) is -2.23. The second kappa shape index (κ2) is 8.77. The number of hydrogen-bond acceptors (Lipinski definition) is 5. The number of halogens is 1. The van der Waals surface area contributed by atoms with Crippen molar-refractivity contribution in [3.63, 3.8) is 0 Å². The van der Waals surface area contributed by atoms with Gasteiger partial charge in [0.25, 0.3) is 0 Å². The lowest BCUT2D eigenvalue weighted by Crippen LogP contribution is -2.34. The van der Waals surface area contributed by atoms with Crippen LogP contribution in [0.15, 0.2) is 0 Å². The Morgan fingerprint density at radius 2 is 1.50 bits per heavy atom. The molecule has 0 heterocycles. The number of nitrogens with two attached hydrogens (primary N) is 1. The molecule has 2 N–H and O–H groups in total. The minimum Gasteiger partial charge on any atom is -0.465 e. The number of carbonyl (C=O) groups is 2. The van der Waals surface area contributed by atoms with Gasteiger partial charge in [0, 0.05) is 6.54 Å². The van der Waals surface area contributed by atoms with Gasteiger partial charge in [-0.1, -0.05) is 0 Å². The Bertz CT molecular complexity index is 168. The number of esters is 2. The van der Waals surface area contributed by atoms with Gasteiger partial charge in [0.05, 0.1) is 13.2 Å². The van der Waals surface area contributed by atoms with E-state index in [2.05, 4.69) is 9.47 Å². The lowest BCUT2D eigenvalue weighted by atomic mass is 10.1. The average molecular weight is 226 g/mol. The van der Waals surface area contributed by atoms with E-state index in [1.54, 1.807) is 13.8 Å². The van der Waals surface area contributed by atoms with E-state index in [0.717, 1.165) is 0 Å². The van der Waals surface area contributed by atoms with E-state index < -0.39 is 17.9 Å². The molecule has 0 aliphatic heterocycles. The molecule has 5 nitrogen and oxygen atoms in total. The number of carbonyl (C=O) groups excluding carboxylic acids is 2. The fourth-order valence-electron chi connectivity index (χ4n) is 0.774. The summed E-state index contributed by atoms with van der Waals surface area (Å²) in [5.41, 5.74) is 5.23. The van der Waals surface area contributed by atoms with Crippen LogP contribution in [0.25, 0.3) is 0 Å². The average Bonchev–Trinajstić information content (AvgIpc) is 2.06. The summed E-state index contributed by atoms with van der Waals surface area (Å²) in [5, 5.41) is 0. The van der Waals surface area contributed by atoms with Crippen LogP contribution in [0.3, 0.4) is 0 Å². The van der Waals surface area contributed by atoms with Gasteiger partial charge in [-0.2, -0.15) is 0 Å². The van der Waals surface area contributed by atoms with Crippen molar-refractivity contribution in [1.82, 2.24) is 0 Å². The molecule has 14 heavy (non-hydrogen) atoms. The van der Waals surface area contributed by atoms with E-state index in [9.17, 15) is 9.59 Å². The van der Waals surface area contributed by atoms with Crippen LogP contribution in [0.5, 0.6) is 0 Å². The van der Waals surface area contributed by atoms with E-state index >= 15 is 0 Å². The van der Waals surface area contributed by atoms with E-state index in [-0.39, 0.29) is 32.2 Å². The third-order valence-electron chi connectivity index (χ3n) is 1.38. The van der Waals surface area contributed by atoms with Crippen LogP contribution in [0.2, 0.25) is 0 Å². The van der Waals surface area contributed by atoms with E-state index in [1.165, 1.54) is 0 Å². The highest BCUT2D eigenvalue weighted by molar-refractivity contribution is 5.95. The van der Waals surface area contributed by atoms with Gasteiger partial charge in [-0.3, -0.25) is 9.59 Å². The first-order valence-electron chi connectivity index (χ1n) is 4.20. The Balaban J connectivity index is 0. The Labute approximate surface area is 89.3 Å². The molecule has 0 saturated heterocycles. The summed E-state index contributed by atoms with van der Waals surface area (Å²) < 4.78 is 9.29. The van der Waals surface area contributed by atoms with Crippen LogP contribution in [0.1, 0.15) is 13.8 Å². The maximum absolute atomic E-state index is 11.1. The zero-order chi connectivity index (χ0) is 10.3. The van der Waals surface area contributed by atoms with Gasteiger partial charge in [-0.25, -0.2) is 0 Å². The molecule has 0 bridgehead atoms. The molecule has 0 amide bonds. The molecular formula is C8H16ClNO4. The maximum Gasteiger partial charge on any atom is 0.321 e. The van der Waals surface area contributed by atoms with Crippen LogP contribution < -0.4 is 5.73 Å². The molecule has 6 heteroatoms. The molecular weight excluding hydrogens is 210 g/mol. The van der Waals surface area contributed by atoms with Crippen molar-refractivity contribution in [2.45, 2.75) is 13.8 Å². The maximum atomic E-state index is 11.1. The summed E-state index contributed by atoms with van der Waals surface area (Å²) in [4.78, 5) is 22.2. The smallest absolute Gasteiger partial charge is 0.321 e. The molecule has 0 aromatic carbocycles. The van der Waals surface area contributed by atoms with Gasteiger partial charge in [0.2, 0.25) is 0 Å². The molecule has 0 atom stereocenters. The second-order valence-electron chi connectivity index (χ2n) is 2.29. The normalized spacial score (nSPS) is 9.14. The van der Waals surface area contributed by atoms with Crippen LogP contribution in [0, 0.1) is 5.92 Å². The first-order chi connectivity index (χ1) is 6.17. The molecule has 0 rings (SSSR count). The highest BCUT2D eigenvalue weighted by Crippen LogP contribution is 2.01. The quantitative estimate of drug-likeness (QED) is 0.531. The molecule has 0 aliphatic carbocycles. The third kappa shape index (κ3) is 5.04. The van der Waals surface area contributed by atoms with Crippen molar-refractivity contribution >= 4 is 24.3 Å². The largest absolute Gasteiger partial charge is 0.465 e. The number of ether oxygens (including phenoxy) is 2. The molecule has 0 aliphatic rings. The van der Waals surface area contributed by atoms with Crippen molar-refractivity contribution in [2.75, 3.05) is 19.8 Å². The predicted octanol–water partition coefficient (Wildman–Crippen LogP) is 0.109. The topological polar surface area (TPSA) is 78.6 Å². The Kier molecular flexibility index (Phi) is 9.81. The number of rotatable bonds is 5. The third-order valence-corrected chi connectivity index (χ3v) is 1.38. The summed E-state index contributed by atoms with van der Waals surface area (Å²) in [6.45, 7) is 3.70. The minimum absolute atomic E-state index is 0. The SMILES string of the molecule is CCOC(=O)C(CN)C(=O)OCC.Cl. The molecule has 0 radical (unpaired) electrons. The van der Waals surface area contributed by atoms with Crippen molar-refractivity contribution in [3.05, 3.63) is 0 Å². The Morgan fingerprint density at radius 3 is 1.71 bits per heavy atom. The Hall–Kier alpha value is -0.810. The highest BCUT2D eigenvalue weighted by atomic mass is 35.5. The summed E-state index contributed by atoms with van der Waals surface area (Å²) in [6, 6.07) is 0. The predicted molar refractivity (Wildman–Crippen MR) is 53.1 cm³/mol. The van der Waals surface area contributed by atoms with Crippen LogP contribution >= 0.6 is 12.4 Å². The minimum atomic E-state index is -0.986. The molecule has 0 aromatic heterocycles. The molecule has 0 spiro atoms. The van der Waals surface area contributed by atoms with Gasteiger partial charge in [-0.15, -0.1) is 12.4 Å². The van der Waals surface area contributed by atoms with Gasteiger partial charge in [0.15, 0.2) is 5.92 Å². The van der Waals surface area contributed by atoms with Gasteiger partial charge < -0.3 is 15.2 Å². The van der Waals surface area contributed by atoms with Crippen molar-refractivity contribution in [1.29, 1.82) is 0 Å². The van der Waals surface area contributed by atoms with Crippen LogP contribution in [0.4, 0.5) is 0 Å². The summed E-state index contributed by atoms with van der Waals surface area (Å²) in [7, 11) is 0. The van der Waals surface area contributed by atoms with Crippen molar-refractivity contribution in [3.8, 4) is 0 Å². The zero-order valence-electron chi connectivity index (χ0n) is 8.32. The van der Waals surface area contributed by atoms with E-state index in [1.807, 2.05) is 0 Å².